The van der Waals surface area contributed by atoms with Crippen molar-refractivity contribution in [1.29, 1.82) is 0 Å². The van der Waals surface area contributed by atoms with Gasteiger partial charge in [-0.2, -0.15) is 13.2 Å². The summed E-state index contributed by atoms with van der Waals surface area (Å²) in [7, 11) is 1.44. The summed E-state index contributed by atoms with van der Waals surface area (Å²) in [5, 5.41) is 2.98. The lowest BCUT2D eigenvalue weighted by Gasteiger charge is -2.11. The maximum absolute atomic E-state index is 12.7. The van der Waals surface area contributed by atoms with Crippen LogP contribution in [0.5, 0.6) is 5.75 Å². The van der Waals surface area contributed by atoms with Crippen molar-refractivity contribution in [2.24, 2.45) is 0 Å². The number of alkyl halides is 3. The molecule has 2 aromatic rings. The van der Waals surface area contributed by atoms with Gasteiger partial charge >= 0.3 is 6.18 Å². The Labute approximate surface area is 136 Å². The van der Waals surface area contributed by atoms with Crippen LogP contribution in [-0.4, -0.2) is 13.0 Å². The van der Waals surface area contributed by atoms with Crippen LogP contribution in [0.4, 0.5) is 18.9 Å². The minimum Gasteiger partial charge on any atom is -0.495 e. The van der Waals surface area contributed by atoms with Crippen LogP contribution < -0.4 is 10.1 Å². The van der Waals surface area contributed by atoms with Gasteiger partial charge in [0.25, 0.3) is 0 Å². The van der Waals surface area contributed by atoms with Gasteiger partial charge in [-0.1, -0.05) is 29.8 Å². The number of halogens is 4. The molecule has 3 nitrogen and oxygen atoms in total. The summed E-state index contributed by atoms with van der Waals surface area (Å²) in [6, 6.07) is 9.33. The van der Waals surface area contributed by atoms with E-state index in [4.69, 9.17) is 16.3 Å². The third kappa shape index (κ3) is 4.63. The van der Waals surface area contributed by atoms with E-state index in [1.807, 2.05) is 0 Å². The summed E-state index contributed by atoms with van der Waals surface area (Å²) < 4.78 is 43.1. The number of hydrogen-bond acceptors (Lipinski definition) is 2. The molecule has 1 N–H and O–H groups in total. The van der Waals surface area contributed by atoms with Gasteiger partial charge in [-0.25, -0.2) is 0 Å². The molecule has 23 heavy (non-hydrogen) atoms. The maximum Gasteiger partial charge on any atom is 0.416 e. The molecule has 0 saturated carbocycles. The predicted molar refractivity (Wildman–Crippen MR) is 81.8 cm³/mol. The molecule has 0 radical (unpaired) electrons. The Morgan fingerprint density at radius 2 is 1.96 bits per heavy atom. The third-order valence-electron chi connectivity index (χ3n) is 3.05. The van der Waals surface area contributed by atoms with Crippen molar-refractivity contribution in [1.82, 2.24) is 0 Å². The van der Waals surface area contributed by atoms with E-state index in [2.05, 4.69) is 5.32 Å². The number of carbonyl (C=O) groups excluding carboxylic acids is 1. The first-order chi connectivity index (χ1) is 10.8. The Bertz CT molecular complexity index is 717. The molecule has 2 rings (SSSR count). The highest BCUT2D eigenvalue weighted by atomic mass is 35.5. The number of methoxy groups -OCH3 is 1. The molecular weight excluding hydrogens is 331 g/mol. The van der Waals surface area contributed by atoms with E-state index < -0.39 is 17.6 Å². The van der Waals surface area contributed by atoms with Gasteiger partial charge in [0, 0.05) is 5.02 Å². The van der Waals surface area contributed by atoms with E-state index in [1.54, 1.807) is 12.1 Å². The van der Waals surface area contributed by atoms with Crippen molar-refractivity contribution in [3.05, 3.63) is 58.6 Å². The molecule has 0 fully saturated rings. The average Bonchev–Trinajstić information content (AvgIpc) is 2.46. The lowest BCUT2D eigenvalue weighted by Crippen LogP contribution is -2.15. The SMILES string of the molecule is COc1ccc(Cl)cc1NC(=O)Cc1cccc(C(F)(F)F)c1. The molecular formula is C16H13ClF3NO2. The zero-order chi connectivity index (χ0) is 17.0. The van der Waals surface area contributed by atoms with Crippen LogP contribution in [0.25, 0.3) is 0 Å². The van der Waals surface area contributed by atoms with E-state index in [9.17, 15) is 18.0 Å². The minimum atomic E-state index is -4.44. The van der Waals surface area contributed by atoms with Gasteiger partial charge < -0.3 is 10.1 Å². The highest BCUT2D eigenvalue weighted by molar-refractivity contribution is 6.31. The van der Waals surface area contributed by atoms with Crippen LogP contribution in [0.15, 0.2) is 42.5 Å². The Morgan fingerprint density at radius 1 is 1.22 bits per heavy atom. The fourth-order valence-corrected chi connectivity index (χ4v) is 2.19. The zero-order valence-corrected chi connectivity index (χ0v) is 12.8. The number of hydrogen-bond donors (Lipinski definition) is 1. The first kappa shape index (κ1) is 17.1. The van der Waals surface area contributed by atoms with Crippen molar-refractivity contribution in [2.75, 3.05) is 12.4 Å². The highest BCUT2D eigenvalue weighted by Gasteiger charge is 2.30. The van der Waals surface area contributed by atoms with Gasteiger partial charge in [0.05, 0.1) is 24.8 Å². The van der Waals surface area contributed by atoms with Gasteiger partial charge in [-0.3, -0.25) is 4.79 Å². The molecule has 0 aliphatic rings. The first-order valence-corrected chi connectivity index (χ1v) is 6.97. The van der Waals surface area contributed by atoms with Gasteiger partial charge in [-0.05, 0) is 29.8 Å². The Balaban J connectivity index is 2.13. The summed E-state index contributed by atoms with van der Waals surface area (Å²) in [4.78, 5) is 12.0. The molecule has 0 aliphatic carbocycles. The predicted octanol–water partition coefficient (Wildman–Crippen LogP) is 4.55. The molecule has 7 heteroatoms. The quantitative estimate of drug-likeness (QED) is 0.884. The van der Waals surface area contributed by atoms with Crippen LogP contribution >= 0.6 is 11.6 Å². The van der Waals surface area contributed by atoms with Gasteiger partial charge in [0.15, 0.2) is 0 Å². The molecule has 0 unspecified atom stereocenters. The monoisotopic (exact) mass is 343 g/mol. The van der Waals surface area contributed by atoms with E-state index in [0.717, 1.165) is 12.1 Å². The van der Waals surface area contributed by atoms with E-state index in [-0.39, 0.29) is 12.0 Å². The number of nitrogens with one attached hydrogen (secondary N) is 1. The summed E-state index contributed by atoms with van der Waals surface area (Å²) in [6.45, 7) is 0. The largest absolute Gasteiger partial charge is 0.495 e. The van der Waals surface area contributed by atoms with Crippen molar-refractivity contribution < 1.29 is 22.7 Å². The second-order valence-electron chi connectivity index (χ2n) is 4.77. The summed E-state index contributed by atoms with van der Waals surface area (Å²) in [5.74, 6) is -0.0586. The van der Waals surface area contributed by atoms with Crippen LogP contribution in [-0.2, 0) is 17.4 Å². The fourth-order valence-electron chi connectivity index (χ4n) is 2.02. The molecule has 0 saturated heterocycles. The molecule has 2 aromatic carbocycles. The first-order valence-electron chi connectivity index (χ1n) is 6.59. The van der Waals surface area contributed by atoms with E-state index >= 15 is 0 Å². The van der Waals surface area contributed by atoms with E-state index in [0.29, 0.717) is 16.5 Å². The summed E-state index contributed by atoms with van der Waals surface area (Å²) >= 11 is 5.86. The van der Waals surface area contributed by atoms with Crippen LogP contribution in [0.2, 0.25) is 5.02 Å². The Morgan fingerprint density at radius 3 is 2.61 bits per heavy atom. The molecule has 0 aliphatic heterocycles. The molecule has 0 spiro atoms. The van der Waals surface area contributed by atoms with Crippen molar-refractivity contribution >= 4 is 23.2 Å². The third-order valence-corrected chi connectivity index (χ3v) is 3.29. The number of anilines is 1. The second kappa shape index (κ2) is 6.91. The molecule has 0 atom stereocenters. The second-order valence-corrected chi connectivity index (χ2v) is 5.20. The van der Waals surface area contributed by atoms with Crippen LogP contribution in [0.1, 0.15) is 11.1 Å². The standard InChI is InChI=1S/C16H13ClF3NO2/c1-23-14-6-5-12(17)9-13(14)21-15(22)8-10-3-2-4-11(7-10)16(18,19)20/h2-7,9H,8H2,1H3,(H,21,22). The lowest BCUT2D eigenvalue weighted by molar-refractivity contribution is -0.137. The molecule has 0 bridgehead atoms. The zero-order valence-electron chi connectivity index (χ0n) is 12.1. The molecule has 0 aromatic heterocycles. The number of benzene rings is 2. The fraction of sp³-hybridized carbons (Fsp3) is 0.188. The summed E-state index contributed by atoms with van der Waals surface area (Å²) in [5.41, 5.74) is -0.168. The Hall–Kier alpha value is -2.21. The number of carbonyl (C=O) groups is 1. The van der Waals surface area contributed by atoms with Crippen molar-refractivity contribution in [3.63, 3.8) is 0 Å². The van der Waals surface area contributed by atoms with Gasteiger partial charge in [-0.15, -0.1) is 0 Å². The highest BCUT2D eigenvalue weighted by Crippen LogP contribution is 2.30. The average molecular weight is 344 g/mol. The van der Waals surface area contributed by atoms with Crippen LogP contribution in [0.3, 0.4) is 0 Å². The maximum atomic E-state index is 12.7. The lowest BCUT2D eigenvalue weighted by atomic mass is 10.1. The van der Waals surface area contributed by atoms with Gasteiger partial charge in [0.2, 0.25) is 5.91 Å². The number of rotatable bonds is 4. The minimum absolute atomic E-state index is 0.195. The number of amides is 1. The summed E-state index contributed by atoms with van der Waals surface area (Å²) in [6.07, 6.45) is -4.64. The molecule has 0 heterocycles. The molecule has 1 amide bonds. The number of ether oxygens (including phenoxy) is 1. The van der Waals surface area contributed by atoms with Crippen LogP contribution in [0, 0.1) is 0 Å². The van der Waals surface area contributed by atoms with E-state index in [1.165, 1.54) is 25.3 Å². The van der Waals surface area contributed by atoms with Crippen molar-refractivity contribution in [3.8, 4) is 5.75 Å². The smallest absolute Gasteiger partial charge is 0.416 e. The normalized spacial score (nSPS) is 11.2. The van der Waals surface area contributed by atoms with Crippen molar-refractivity contribution in [2.45, 2.75) is 12.6 Å². The topological polar surface area (TPSA) is 38.3 Å². The van der Waals surface area contributed by atoms with Gasteiger partial charge in [0.1, 0.15) is 5.75 Å². The Kier molecular flexibility index (Phi) is 5.15. The molecule has 122 valence electrons.